The predicted octanol–water partition coefficient (Wildman–Crippen LogP) is 17.3. The van der Waals surface area contributed by atoms with E-state index in [2.05, 4.69) is 86.8 Å². The molecule has 0 aromatic carbocycles. The molecule has 0 aliphatic rings. The molecule has 0 rings (SSSR count). The summed E-state index contributed by atoms with van der Waals surface area (Å²) in [7, 11) is 1.47. The molecule has 2 N–H and O–H groups in total. The highest BCUT2D eigenvalue weighted by Gasteiger charge is 2.30. The largest absolute Gasteiger partial charge is 0.472 e. The molecule has 10 heteroatoms. The van der Waals surface area contributed by atoms with Gasteiger partial charge in [-0.1, -0.05) is 210 Å². The van der Waals surface area contributed by atoms with Crippen LogP contribution in [0.3, 0.4) is 0 Å². The van der Waals surface area contributed by atoms with E-state index in [9.17, 15) is 19.0 Å². The number of quaternary nitrogens is 1. The molecule has 0 heterocycles. The van der Waals surface area contributed by atoms with Crippen LogP contribution in [0.25, 0.3) is 0 Å². The summed E-state index contributed by atoms with van der Waals surface area (Å²) in [6.07, 6.45) is 63.2. The van der Waals surface area contributed by atoms with Gasteiger partial charge in [-0.05, 0) is 96.0 Å². The van der Waals surface area contributed by atoms with Crippen molar-refractivity contribution >= 4 is 19.7 Å². The molecule has 0 aliphatic carbocycles. The number of amides is 1. The predicted molar refractivity (Wildman–Crippen MR) is 300 cm³/mol. The molecule has 9 nitrogen and oxygen atoms in total. The second-order valence-corrected chi connectivity index (χ2v) is 21.9. The number of phosphoric acid groups is 1. The van der Waals surface area contributed by atoms with Crippen molar-refractivity contribution in [2.75, 3.05) is 40.9 Å². The Morgan fingerprint density at radius 2 is 0.914 bits per heavy atom. The van der Waals surface area contributed by atoms with Crippen LogP contribution in [0.5, 0.6) is 0 Å². The Morgan fingerprint density at radius 1 is 0.514 bits per heavy atom. The molecule has 0 saturated heterocycles. The van der Waals surface area contributed by atoms with E-state index in [0.717, 1.165) is 103 Å². The lowest BCUT2D eigenvalue weighted by atomic mass is 10.0. The summed E-state index contributed by atoms with van der Waals surface area (Å²) in [5.41, 5.74) is 0. The minimum absolute atomic E-state index is 0.0331. The number of unbranched alkanes of at least 4 members (excludes halogenated alkanes) is 25. The van der Waals surface area contributed by atoms with Gasteiger partial charge in [0, 0.05) is 12.8 Å². The van der Waals surface area contributed by atoms with Gasteiger partial charge in [-0.25, -0.2) is 4.57 Å². The third-order valence-electron chi connectivity index (χ3n) is 12.4. The van der Waals surface area contributed by atoms with Crippen molar-refractivity contribution in [3.8, 4) is 0 Å². The summed E-state index contributed by atoms with van der Waals surface area (Å²) in [5, 5.41) is 3.04. The molecular formula is C60H110N2O7P+. The summed E-state index contributed by atoms with van der Waals surface area (Å²) in [6, 6.07) is -0.861. The van der Waals surface area contributed by atoms with Crippen molar-refractivity contribution in [3.63, 3.8) is 0 Å². The van der Waals surface area contributed by atoms with Crippen molar-refractivity contribution in [2.24, 2.45) is 0 Å². The van der Waals surface area contributed by atoms with Crippen molar-refractivity contribution in [3.05, 3.63) is 72.9 Å². The first-order chi connectivity index (χ1) is 33.9. The number of likely N-dealkylation sites (N-methyl/N-ethyl adjacent to an activating group) is 1. The normalized spacial score (nSPS) is 14.3. The lowest BCUT2D eigenvalue weighted by Gasteiger charge is -2.27. The summed E-state index contributed by atoms with van der Waals surface area (Å²) < 4.78 is 30.6. The number of allylic oxidation sites excluding steroid dienone is 11. The second-order valence-electron chi connectivity index (χ2n) is 20.4. The van der Waals surface area contributed by atoms with E-state index in [0.29, 0.717) is 23.9 Å². The van der Waals surface area contributed by atoms with Crippen molar-refractivity contribution in [1.29, 1.82) is 0 Å². The topological polar surface area (TPSA) is 111 Å². The number of hydrogen-bond acceptors (Lipinski definition) is 6. The maximum absolute atomic E-state index is 13.5. The quantitative estimate of drug-likeness (QED) is 0.0205. The summed E-state index contributed by atoms with van der Waals surface area (Å²) in [4.78, 5) is 37.6. The molecule has 0 bridgehead atoms. The van der Waals surface area contributed by atoms with Gasteiger partial charge in [-0.15, -0.1) is 0 Å². The molecule has 406 valence electrons. The Morgan fingerprint density at radius 3 is 1.40 bits per heavy atom. The van der Waals surface area contributed by atoms with E-state index >= 15 is 0 Å². The van der Waals surface area contributed by atoms with Gasteiger partial charge < -0.3 is 19.4 Å². The fraction of sp³-hybridized carbons (Fsp3) is 0.767. The van der Waals surface area contributed by atoms with Gasteiger partial charge in [0.2, 0.25) is 5.91 Å². The van der Waals surface area contributed by atoms with E-state index in [1.165, 1.54) is 103 Å². The first-order valence-corrected chi connectivity index (χ1v) is 30.3. The number of rotatable bonds is 51. The lowest BCUT2D eigenvalue weighted by molar-refractivity contribution is -0.870. The highest BCUT2D eigenvalue weighted by molar-refractivity contribution is 7.47. The summed E-state index contributed by atoms with van der Waals surface area (Å²) in [5.74, 6) is -0.538. The van der Waals surface area contributed by atoms with Gasteiger partial charge in [-0.2, -0.15) is 0 Å². The van der Waals surface area contributed by atoms with E-state index < -0.39 is 20.0 Å². The smallest absolute Gasteiger partial charge is 0.456 e. The van der Waals surface area contributed by atoms with Gasteiger partial charge in [0.1, 0.15) is 19.3 Å². The standard InChI is InChI=1S/C60H109N2O7P/c1-7-10-13-16-19-22-25-27-29-30-31-32-33-34-37-40-43-46-49-52-59(63)61-57(56-68-70(65,66)67-55-54-62(4,5)6)58(51-48-45-42-39-36-24-21-18-15-12-9-3)69-60(64)53-50-47-44-41-38-35-28-26-23-20-17-14-11-8-2/h11,14,19-20,22-23,27-29,35,48,51,57-58H,7-10,12-13,15-18,21,24-26,30-34,36-47,49-50,52-56H2,1-6H3,(H-,61,63,65,66)/p+1/b14-11+,22-19-,23-20+,29-27-,35-28+,51-48-. The number of phosphoric ester groups is 1. The second kappa shape index (κ2) is 50.0. The van der Waals surface area contributed by atoms with Crippen LogP contribution in [-0.4, -0.2) is 74.3 Å². The Hall–Kier alpha value is -2.55. The molecule has 0 fully saturated rings. The zero-order valence-electron chi connectivity index (χ0n) is 46.2. The van der Waals surface area contributed by atoms with Gasteiger partial charge >= 0.3 is 13.8 Å². The van der Waals surface area contributed by atoms with Crippen LogP contribution < -0.4 is 5.32 Å². The fourth-order valence-electron chi connectivity index (χ4n) is 7.92. The minimum atomic E-state index is -4.45. The summed E-state index contributed by atoms with van der Waals surface area (Å²) >= 11 is 0. The van der Waals surface area contributed by atoms with Crippen LogP contribution >= 0.6 is 7.82 Å². The Bertz CT molecular complexity index is 1430. The number of hydrogen-bond donors (Lipinski definition) is 2. The van der Waals surface area contributed by atoms with E-state index in [4.69, 9.17) is 13.8 Å². The van der Waals surface area contributed by atoms with E-state index in [1.807, 2.05) is 33.3 Å². The number of nitrogens with zero attached hydrogens (tertiary/aromatic N) is 1. The zero-order valence-corrected chi connectivity index (χ0v) is 47.1. The average molecular weight is 1000 g/mol. The molecule has 3 atom stereocenters. The van der Waals surface area contributed by atoms with Crippen LogP contribution in [-0.2, 0) is 27.9 Å². The molecule has 0 aromatic heterocycles. The third kappa shape index (κ3) is 50.4. The SMILES string of the molecule is CC/C=C/C/C=C/C/C=C/CCCCCCC(=O)OC(/C=C\CCCCCCCCCCC)C(COP(=O)(O)OCC[N+](C)(C)C)NC(=O)CCCCCCCCCCC/C=C\C/C=C\CCCCC. The number of carbonyl (C=O) groups excluding carboxylic acids is 2. The number of nitrogens with one attached hydrogen (secondary N) is 1. The van der Waals surface area contributed by atoms with Crippen molar-refractivity contribution in [2.45, 2.75) is 258 Å². The molecule has 3 unspecified atom stereocenters. The average Bonchev–Trinajstić information content (AvgIpc) is 3.32. The maximum Gasteiger partial charge on any atom is 0.472 e. The van der Waals surface area contributed by atoms with Crippen molar-refractivity contribution in [1.82, 2.24) is 5.32 Å². The third-order valence-corrected chi connectivity index (χ3v) is 13.4. The van der Waals surface area contributed by atoms with Crippen LogP contribution in [0.15, 0.2) is 72.9 Å². The minimum Gasteiger partial charge on any atom is -0.456 e. The number of ether oxygens (including phenoxy) is 1. The lowest BCUT2D eigenvalue weighted by Crippen LogP contribution is -2.47. The molecule has 0 aromatic rings. The molecule has 70 heavy (non-hydrogen) atoms. The fourth-order valence-corrected chi connectivity index (χ4v) is 8.66. The highest BCUT2D eigenvalue weighted by Crippen LogP contribution is 2.43. The first-order valence-electron chi connectivity index (χ1n) is 28.8. The maximum atomic E-state index is 13.5. The van der Waals surface area contributed by atoms with Gasteiger partial charge in [0.15, 0.2) is 0 Å². The van der Waals surface area contributed by atoms with Crippen LogP contribution in [0.4, 0.5) is 0 Å². The molecular weight excluding hydrogens is 892 g/mol. The molecule has 0 radical (unpaired) electrons. The van der Waals surface area contributed by atoms with Crippen LogP contribution in [0, 0.1) is 0 Å². The monoisotopic (exact) mass is 1000 g/mol. The molecule has 0 saturated carbocycles. The number of carbonyl (C=O) groups is 2. The Labute approximate surface area is 432 Å². The Balaban J connectivity index is 5.31. The zero-order chi connectivity index (χ0) is 51.5. The first kappa shape index (κ1) is 67.5. The van der Waals surface area contributed by atoms with E-state index in [-0.39, 0.29) is 31.5 Å². The van der Waals surface area contributed by atoms with Crippen molar-refractivity contribution < 1.29 is 37.3 Å². The molecule has 0 spiro atoms. The van der Waals surface area contributed by atoms with Crippen LogP contribution in [0.2, 0.25) is 0 Å². The Kier molecular flexibility index (Phi) is 48.2. The molecule has 1 amide bonds. The molecule has 0 aliphatic heterocycles. The van der Waals surface area contributed by atoms with Gasteiger partial charge in [0.05, 0.1) is 33.8 Å². The number of esters is 1. The highest BCUT2D eigenvalue weighted by atomic mass is 31.2. The van der Waals surface area contributed by atoms with Gasteiger partial charge in [0.25, 0.3) is 0 Å². The van der Waals surface area contributed by atoms with Gasteiger partial charge in [-0.3, -0.25) is 18.6 Å². The van der Waals surface area contributed by atoms with Crippen LogP contribution in [0.1, 0.15) is 245 Å². The summed E-state index contributed by atoms with van der Waals surface area (Å²) in [6.45, 7) is 6.84. The van der Waals surface area contributed by atoms with E-state index in [1.54, 1.807) is 0 Å².